The lowest BCUT2D eigenvalue weighted by Gasteiger charge is -2.40. The van der Waals surface area contributed by atoms with Gasteiger partial charge < -0.3 is 15.7 Å². The molecule has 0 aromatic rings. The molecule has 0 saturated heterocycles. The van der Waals surface area contributed by atoms with Crippen molar-refractivity contribution < 1.29 is 14.7 Å². The van der Waals surface area contributed by atoms with Gasteiger partial charge in [-0.25, -0.2) is 9.59 Å². The van der Waals surface area contributed by atoms with E-state index in [4.69, 9.17) is 5.11 Å². The molecule has 3 N–H and O–H groups in total. The Morgan fingerprint density at radius 2 is 2.11 bits per heavy atom. The molecule has 0 aromatic heterocycles. The summed E-state index contributed by atoms with van der Waals surface area (Å²) < 4.78 is 0.167. The molecule has 1 atom stereocenters. The van der Waals surface area contributed by atoms with Crippen molar-refractivity contribution in [3.05, 3.63) is 0 Å². The largest absolute Gasteiger partial charge is 0.480 e. The quantitative estimate of drug-likeness (QED) is 0.662. The number of carboxylic acids is 1. The fourth-order valence-corrected chi connectivity index (χ4v) is 2.93. The number of hydrogen-bond acceptors (Lipinski definition) is 3. The maximum Gasteiger partial charge on any atom is 0.326 e. The highest BCUT2D eigenvalue weighted by atomic mass is 32.2. The summed E-state index contributed by atoms with van der Waals surface area (Å²) in [6.45, 7) is 2.51. The van der Waals surface area contributed by atoms with Gasteiger partial charge in [0.25, 0.3) is 0 Å². The fourth-order valence-electron chi connectivity index (χ4n) is 2.02. The summed E-state index contributed by atoms with van der Waals surface area (Å²) in [6.07, 6.45) is 6.67. The van der Waals surface area contributed by atoms with Gasteiger partial charge in [0.2, 0.25) is 0 Å². The van der Waals surface area contributed by atoms with Crippen molar-refractivity contribution in [2.75, 3.05) is 12.8 Å². The van der Waals surface area contributed by atoms with Crippen LogP contribution in [-0.2, 0) is 4.79 Å². The van der Waals surface area contributed by atoms with E-state index in [0.29, 0.717) is 13.0 Å². The molecule has 5 nitrogen and oxygen atoms in total. The number of carbonyl (C=O) groups excluding carboxylic acids is 1. The van der Waals surface area contributed by atoms with Crippen LogP contribution in [0.4, 0.5) is 4.79 Å². The van der Waals surface area contributed by atoms with Crippen molar-refractivity contribution >= 4 is 23.8 Å². The van der Waals surface area contributed by atoms with E-state index < -0.39 is 12.0 Å². The molecule has 104 valence electrons. The Labute approximate surface area is 112 Å². The molecule has 1 rings (SSSR count). The molecular formula is C12H22N2O3S. The number of amides is 2. The van der Waals surface area contributed by atoms with Gasteiger partial charge in [0.1, 0.15) is 6.04 Å². The molecule has 0 aliphatic heterocycles. The van der Waals surface area contributed by atoms with Gasteiger partial charge in [-0.05, 0) is 25.5 Å². The van der Waals surface area contributed by atoms with Crippen molar-refractivity contribution in [1.29, 1.82) is 0 Å². The van der Waals surface area contributed by atoms with E-state index in [0.717, 1.165) is 19.3 Å². The first-order valence-electron chi connectivity index (χ1n) is 6.35. The van der Waals surface area contributed by atoms with Gasteiger partial charge >= 0.3 is 12.0 Å². The van der Waals surface area contributed by atoms with Crippen LogP contribution in [0.3, 0.4) is 0 Å². The van der Waals surface area contributed by atoms with Crippen LogP contribution in [0.1, 0.15) is 39.0 Å². The molecule has 0 spiro atoms. The van der Waals surface area contributed by atoms with Crippen molar-refractivity contribution in [1.82, 2.24) is 10.6 Å². The van der Waals surface area contributed by atoms with E-state index in [2.05, 4.69) is 16.9 Å². The molecular weight excluding hydrogens is 252 g/mol. The van der Waals surface area contributed by atoms with Gasteiger partial charge in [0, 0.05) is 11.3 Å². The van der Waals surface area contributed by atoms with Crippen LogP contribution in [0.25, 0.3) is 0 Å². The van der Waals surface area contributed by atoms with Crippen LogP contribution in [0, 0.1) is 0 Å². The normalized spacial score (nSPS) is 18.6. The summed E-state index contributed by atoms with van der Waals surface area (Å²) in [5.74, 6) is -0.977. The minimum absolute atomic E-state index is 0.167. The number of carboxylic acid groups (broad SMARTS) is 1. The Balaban J connectivity index is 2.33. The predicted octanol–water partition coefficient (Wildman–Crippen LogP) is 1.82. The van der Waals surface area contributed by atoms with Crippen molar-refractivity contribution in [2.24, 2.45) is 0 Å². The number of hydrogen-bond donors (Lipinski definition) is 3. The Morgan fingerprint density at radius 3 is 2.50 bits per heavy atom. The second-order valence-electron chi connectivity index (χ2n) is 4.75. The molecule has 1 saturated carbocycles. The van der Waals surface area contributed by atoms with Gasteiger partial charge in [-0.1, -0.05) is 19.8 Å². The molecule has 0 radical (unpaired) electrons. The smallest absolute Gasteiger partial charge is 0.326 e. The number of urea groups is 1. The van der Waals surface area contributed by atoms with Crippen molar-refractivity contribution in [3.63, 3.8) is 0 Å². The SMILES string of the molecule is CCCC(NC(=O)NCC1(SC)CCC1)C(=O)O. The first kappa shape index (κ1) is 15.1. The van der Waals surface area contributed by atoms with E-state index >= 15 is 0 Å². The molecule has 18 heavy (non-hydrogen) atoms. The Morgan fingerprint density at radius 1 is 1.44 bits per heavy atom. The Bertz CT molecular complexity index is 300. The molecule has 1 unspecified atom stereocenters. The topological polar surface area (TPSA) is 78.4 Å². The lowest BCUT2D eigenvalue weighted by Crippen LogP contribution is -2.51. The number of nitrogens with one attached hydrogen (secondary N) is 2. The summed E-state index contributed by atoms with van der Waals surface area (Å²) in [4.78, 5) is 22.5. The summed E-state index contributed by atoms with van der Waals surface area (Å²) in [6, 6.07) is -1.17. The van der Waals surface area contributed by atoms with E-state index in [1.54, 1.807) is 11.8 Å². The molecule has 0 heterocycles. The highest BCUT2D eigenvalue weighted by Crippen LogP contribution is 2.42. The summed E-state index contributed by atoms with van der Waals surface area (Å²) >= 11 is 1.78. The van der Waals surface area contributed by atoms with Gasteiger partial charge in [0.05, 0.1) is 0 Å². The van der Waals surface area contributed by atoms with Crippen LogP contribution in [0.5, 0.6) is 0 Å². The minimum atomic E-state index is -0.977. The molecule has 2 amide bonds. The number of carbonyl (C=O) groups is 2. The average Bonchev–Trinajstić information content (AvgIpc) is 2.27. The standard InChI is InChI=1S/C12H22N2O3S/c1-3-5-9(10(15)16)14-11(17)13-8-12(18-2)6-4-7-12/h9H,3-8H2,1-2H3,(H,15,16)(H2,13,14,17). The summed E-state index contributed by atoms with van der Waals surface area (Å²) in [5, 5.41) is 14.2. The van der Waals surface area contributed by atoms with Gasteiger partial charge in [-0.2, -0.15) is 11.8 Å². The van der Waals surface area contributed by atoms with E-state index in [1.807, 2.05) is 6.92 Å². The molecule has 1 aliphatic carbocycles. The zero-order chi connectivity index (χ0) is 13.6. The van der Waals surface area contributed by atoms with E-state index in [1.165, 1.54) is 6.42 Å². The number of thioether (sulfide) groups is 1. The predicted molar refractivity (Wildman–Crippen MR) is 73.0 cm³/mol. The molecule has 6 heteroatoms. The molecule has 1 fully saturated rings. The molecule has 1 aliphatic rings. The fraction of sp³-hybridized carbons (Fsp3) is 0.833. The number of aliphatic carboxylic acids is 1. The Hall–Kier alpha value is -0.910. The Kier molecular flexibility index (Phi) is 5.78. The molecule has 0 bridgehead atoms. The first-order valence-corrected chi connectivity index (χ1v) is 7.58. The minimum Gasteiger partial charge on any atom is -0.480 e. The third kappa shape index (κ3) is 4.08. The van der Waals surface area contributed by atoms with E-state index in [-0.39, 0.29) is 10.8 Å². The number of rotatable bonds is 7. The highest BCUT2D eigenvalue weighted by molar-refractivity contribution is 8.00. The maximum absolute atomic E-state index is 11.6. The average molecular weight is 274 g/mol. The maximum atomic E-state index is 11.6. The van der Waals surface area contributed by atoms with Crippen LogP contribution in [0.2, 0.25) is 0 Å². The van der Waals surface area contributed by atoms with Crippen LogP contribution in [0.15, 0.2) is 0 Å². The van der Waals surface area contributed by atoms with Crippen molar-refractivity contribution in [2.45, 2.75) is 49.8 Å². The van der Waals surface area contributed by atoms with E-state index in [9.17, 15) is 9.59 Å². The third-order valence-electron chi connectivity index (χ3n) is 3.45. The zero-order valence-corrected chi connectivity index (χ0v) is 11.8. The third-order valence-corrected chi connectivity index (χ3v) is 4.87. The van der Waals surface area contributed by atoms with Crippen LogP contribution >= 0.6 is 11.8 Å². The van der Waals surface area contributed by atoms with Gasteiger partial charge in [-0.15, -0.1) is 0 Å². The monoisotopic (exact) mass is 274 g/mol. The lowest BCUT2D eigenvalue weighted by molar-refractivity contribution is -0.139. The highest BCUT2D eigenvalue weighted by Gasteiger charge is 2.36. The lowest BCUT2D eigenvalue weighted by atomic mass is 9.84. The summed E-state index contributed by atoms with van der Waals surface area (Å²) in [7, 11) is 0. The molecule has 0 aromatic carbocycles. The zero-order valence-electron chi connectivity index (χ0n) is 11.0. The first-order chi connectivity index (χ1) is 8.53. The summed E-state index contributed by atoms with van der Waals surface area (Å²) in [5.41, 5.74) is 0. The second kappa shape index (κ2) is 6.87. The second-order valence-corrected chi connectivity index (χ2v) is 6.02. The van der Waals surface area contributed by atoms with Crippen molar-refractivity contribution in [3.8, 4) is 0 Å². The van der Waals surface area contributed by atoms with Crippen LogP contribution in [-0.4, -0.2) is 40.7 Å². The van der Waals surface area contributed by atoms with Gasteiger partial charge in [0.15, 0.2) is 0 Å². The van der Waals surface area contributed by atoms with Gasteiger partial charge in [-0.3, -0.25) is 0 Å². The van der Waals surface area contributed by atoms with Crippen LogP contribution < -0.4 is 10.6 Å².